The maximum absolute atomic E-state index is 12.6. The maximum atomic E-state index is 12.6. The van der Waals surface area contributed by atoms with E-state index in [1.807, 2.05) is 71.6 Å². The van der Waals surface area contributed by atoms with E-state index < -0.39 is 12.0 Å². The Kier molecular flexibility index (Phi) is 7.79. The number of amides is 1. The minimum atomic E-state index is -0.637. The largest absolute Gasteiger partial charge is 0.489 e. The first-order valence-corrected chi connectivity index (χ1v) is 11.1. The molecule has 30 heavy (non-hydrogen) atoms. The van der Waals surface area contributed by atoms with Crippen LogP contribution in [0.3, 0.4) is 0 Å². The van der Waals surface area contributed by atoms with Crippen LogP contribution in [0, 0.1) is 0 Å². The summed E-state index contributed by atoms with van der Waals surface area (Å²) in [4.78, 5) is 24.5. The van der Waals surface area contributed by atoms with Gasteiger partial charge < -0.3 is 19.4 Å². The highest BCUT2D eigenvalue weighted by molar-refractivity contribution is 7.98. The van der Waals surface area contributed by atoms with Gasteiger partial charge in [-0.05, 0) is 47.6 Å². The van der Waals surface area contributed by atoms with Crippen LogP contribution in [0.15, 0.2) is 60.8 Å². The van der Waals surface area contributed by atoms with Gasteiger partial charge in [0.25, 0.3) is 0 Å². The van der Waals surface area contributed by atoms with Gasteiger partial charge in [0, 0.05) is 12.3 Å². The predicted octanol–water partition coefficient (Wildman–Crippen LogP) is 3.63. The van der Waals surface area contributed by atoms with Crippen molar-refractivity contribution in [2.75, 3.05) is 19.1 Å². The number of fused-ring (bicyclic) bond motifs is 1. The number of aromatic nitrogens is 1. The van der Waals surface area contributed by atoms with Crippen LogP contribution in [0.25, 0.3) is 10.9 Å². The van der Waals surface area contributed by atoms with Gasteiger partial charge in [0.1, 0.15) is 24.9 Å². The molecule has 3 rings (SSSR count). The molecule has 0 radical (unpaired) electrons. The molecule has 0 aliphatic heterocycles. The summed E-state index contributed by atoms with van der Waals surface area (Å²) in [6.45, 7) is 0.586. The van der Waals surface area contributed by atoms with Crippen LogP contribution in [-0.4, -0.2) is 41.6 Å². The molecule has 0 spiro atoms. The Hall–Kier alpha value is -2.93. The fourth-order valence-corrected chi connectivity index (χ4v) is 3.63. The summed E-state index contributed by atoms with van der Waals surface area (Å²) in [5.41, 5.74) is 1.99. The van der Waals surface area contributed by atoms with E-state index in [4.69, 9.17) is 9.47 Å². The number of methoxy groups -OCH3 is 1. The molecule has 0 bridgehead atoms. The van der Waals surface area contributed by atoms with E-state index in [1.54, 1.807) is 11.8 Å². The van der Waals surface area contributed by atoms with Gasteiger partial charge in [-0.3, -0.25) is 4.79 Å². The molecule has 7 heteroatoms. The summed E-state index contributed by atoms with van der Waals surface area (Å²) in [5, 5.41) is 3.80. The number of carbonyl (C=O) groups is 2. The fourth-order valence-electron chi connectivity index (χ4n) is 3.15. The Balaban J connectivity index is 1.67. The van der Waals surface area contributed by atoms with E-state index in [1.165, 1.54) is 7.11 Å². The number of nitrogens with one attached hydrogen (secondary N) is 1. The summed E-state index contributed by atoms with van der Waals surface area (Å²) in [6.07, 6.45) is 4.35. The second kappa shape index (κ2) is 10.7. The first kappa shape index (κ1) is 21.8. The molecule has 1 amide bonds. The highest BCUT2D eigenvalue weighted by atomic mass is 32.2. The van der Waals surface area contributed by atoms with E-state index in [2.05, 4.69) is 5.32 Å². The average Bonchev–Trinajstić information content (AvgIpc) is 3.17. The molecule has 158 valence electrons. The van der Waals surface area contributed by atoms with Crippen molar-refractivity contribution < 1.29 is 19.1 Å². The standard InChI is InChI=1S/C23H26N2O4S/c1-28-23(27)20(11-13-30-2)24-22(26)15-25-12-10-18-8-9-19(14-21(18)25)29-16-17-6-4-3-5-7-17/h3-10,12,14,20H,11,13,15-16H2,1-2H3,(H,24,26). The number of thioether (sulfide) groups is 1. The summed E-state index contributed by atoms with van der Waals surface area (Å²) in [6, 6.07) is 17.1. The maximum Gasteiger partial charge on any atom is 0.328 e. The quantitative estimate of drug-likeness (QED) is 0.502. The predicted molar refractivity (Wildman–Crippen MR) is 120 cm³/mol. The Morgan fingerprint density at radius 1 is 1.13 bits per heavy atom. The molecular formula is C23H26N2O4S. The molecular weight excluding hydrogens is 400 g/mol. The second-order valence-electron chi connectivity index (χ2n) is 6.86. The van der Waals surface area contributed by atoms with Gasteiger partial charge in [0.15, 0.2) is 0 Å². The van der Waals surface area contributed by atoms with Crippen molar-refractivity contribution in [2.24, 2.45) is 0 Å². The highest BCUT2D eigenvalue weighted by Gasteiger charge is 2.21. The lowest BCUT2D eigenvalue weighted by Crippen LogP contribution is -2.43. The summed E-state index contributed by atoms with van der Waals surface area (Å²) in [5.74, 6) is 0.833. The minimum Gasteiger partial charge on any atom is -0.489 e. The molecule has 0 aliphatic rings. The van der Waals surface area contributed by atoms with E-state index in [-0.39, 0.29) is 12.5 Å². The van der Waals surface area contributed by atoms with Crippen molar-refractivity contribution >= 4 is 34.5 Å². The van der Waals surface area contributed by atoms with E-state index in [0.717, 1.165) is 28.0 Å². The number of benzene rings is 2. The molecule has 1 unspecified atom stereocenters. The van der Waals surface area contributed by atoms with E-state index in [9.17, 15) is 9.59 Å². The number of hydrogen-bond donors (Lipinski definition) is 1. The van der Waals surface area contributed by atoms with Crippen LogP contribution in [-0.2, 0) is 27.5 Å². The minimum absolute atomic E-state index is 0.110. The normalized spacial score (nSPS) is 11.8. The first-order chi connectivity index (χ1) is 14.6. The zero-order chi connectivity index (χ0) is 21.3. The fraction of sp³-hybridized carbons (Fsp3) is 0.304. The van der Waals surface area contributed by atoms with Gasteiger partial charge in [-0.15, -0.1) is 0 Å². The van der Waals surface area contributed by atoms with Crippen molar-refractivity contribution in [2.45, 2.75) is 25.6 Å². The van der Waals surface area contributed by atoms with Gasteiger partial charge in [-0.2, -0.15) is 11.8 Å². The SMILES string of the molecule is COC(=O)C(CCSC)NC(=O)Cn1ccc2ccc(OCc3ccccc3)cc21. The third-order valence-electron chi connectivity index (χ3n) is 4.74. The summed E-state index contributed by atoms with van der Waals surface area (Å²) in [7, 11) is 1.33. The number of esters is 1. The smallest absolute Gasteiger partial charge is 0.328 e. The van der Waals surface area contributed by atoms with Crippen molar-refractivity contribution in [1.29, 1.82) is 0 Å². The lowest BCUT2D eigenvalue weighted by Gasteiger charge is -2.16. The van der Waals surface area contributed by atoms with Gasteiger partial charge in [-0.25, -0.2) is 4.79 Å². The number of nitrogens with zero attached hydrogens (tertiary/aromatic N) is 1. The monoisotopic (exact) mass is 426 g/mol. The van der Waals surface area contributed by atoms with Gasteiger partial charge in [0.05, 0.1) is 12.6 Å². The molecule has 1 N–H and O–H groups in total. The molecule has 0 fully saturated rings. The first-order valence-electron chi connectivity index (χ1n) is 9.72. The van der Waals surface area contributed by atoms with Crippen molar-refractivity contribution in [1.82, 2.24) is 9.88 Å². The van der Waals surface area contributed by atoms with E-state index >= 15 is 0 Å². The molecule has 6 nitrogen and oxygen atoms in total. The number of hydrogen-bond acceptors (Lipinski definition) is 5. The summed E-state index contributed by atoms with van der Waals surface area (Å²) < 4.78 is 12.6. The lowest BCUT2D eigenvalue weighted by molar-refractivity contribution is -0.145. The Morgan fingerprint density at radius 2 is 1.93 bits per heavy atom. The third-order valence-corrected chi connectivity index (χ3v) is 5.38. The molecule has 0 aliphatic carbocycles. The van der Waals surface area contributed by atoms with Crippen LogP contribution in [0.1, 0.15) is 12.0 Å². The van der Waals surface area contributed by atoms with Crippen molar-refractivity contribution in [3.63, 3.8) is 0 Å². The van der Waals surface area contributed by atoms with E-state index in [0.29, 0.717) is 13.0 Å². The highest BCUT2D eigenvalue weighted by Crippen LogP contribution is 2.23. The lowest BCUT2D eigenvalue weighted by atomic mass is 10.2. The van der Waals surface area contributed by atoms with Gasteiger partial charge in [0.2, 0.25) is 5.91 Å². The molecule has 1 aromatic heterocycles. The van der Waals surface area contributed by atoms with Gasteiger partial charge >= 0.3 is 5.97 Å². The van der Waals surface area contributed by atoms with Crippen LogP contribution >= 0.6 is 11.8 Å². The van der Waals surface area contributed by atoms with Crippen molar-refractivity contribution in [3.8, 4) is 5.75 Å². The average molecular weight is 427 g/mol. The number of ether oxygens (including phenoxy) is 2. The van der Waals surface area contributed by atoms with Crippen LogP contribution in [0.2, 0.25) is 0 Å². The Bertz CT molecular complexity index is 987. The molecule has 1 heterocycles. The molecule has 1 atom stereocenters. The van der Waals surface area contributed by atoms with Crippen LogP contribution in [0.5, 0.6) is 5.75 Å². The second-order valence-corrected chi connectivity index (χ2v) is 7.85. The summed E-state index contributed by atoms with van der Waals surface area (Å²) >= 11 is 1.62. The van der Waals surface area contributed by atoms with Gasteiger partial charge in [-0.1, -0.05) is 30.3 Å². The number of carbonyl (C=O) groups excluding carboxylic acids is 2. The molecule has 0 saturated heterocycles. The Morgan fingerprint density at radius 3 is 2.67 bits per heavy atom. The van der Waals surface area contributed by atoms with Crippen molar-refractivity contribution in [3.05, 3.63) is 66.4 Å². The van der Waals surface area contributed by atoms with Crippen LogP contribution < -0.4 is 10.1 Å². The Labute approximate surface area is 180 Å². The zero-order valence-electron chi connectivity index (χ0n) is 17.2. The zero-order valence-corrected chi connectivity index (χ0v) is 18.0. The third kappa shape index (κ3) is 5.79. The van der Waals surface area contributed by atoms with Crippen LogP contribution in [0.4, 0.5) is 0 Å². The number of rotatable bonds is 10. The topological polar surface area (TPSA) is 69.6 Å². The molecule has 3 aromatic rings. The molecule has 2 aromatic carbocycles. The molecule has 0 saturated carbocycles.